The van der Waals surface area contributed by atoms with Crippen molar-refractivity contribution < 1.29 is 24.5 Å². The van der Waals surface area contributed by atoms with Crippen molar-refractivity contribution in [2.75, 3.05) is 13.2 Å². The lowest BCUT2D eigenvalue weighted by atomic mass is 10.0. The monoisotopic (exact) mass is 860 g/mol. The van der Waals surface area contributed by atoms with Crippen LogP contribution < -0.4 is 5.32 Å². The van der Waals surface area contributed by atoms with Gasteiger partial charge in [-0.05, 0) is 77.0 Å². The molecule has 360 valence electrons. The molecule has 2 atom stereocenters. The van der Waals surface area contributed by atoms with E-state index in [-0.39, 0.29) is 18.5 Å². The van der Waals surface area contributed by atoms with Crippen LogP contribution in [0.1, 0.15) is 290 Å². The van der Waals surface area contributed by atoms with Crippen molar-refractivity contribution in [3.8, 4) is 0 Å². The largest absolute Gasteiger partial charge is 0.466 e. The van der Waals surface area contributed by atoms with E-state index in [0.717, 1.165) is 77.0 Å². The van der Waals surface area contributed by atoms with E-state index in [2.05, 4.69) is 43.5 Å². The molecule has 3 N–H and O–H groups in total. The van der Waals surface area contributed by atoms with Gasteiger partial charge in [-0.15, -0.1) is 0 Å². The van der Waals surface area contributed by atoms with Crippen molar-refractivity contribution in [1.82, 2.24) is 5.32 Å². The van der Waals surface area contributed by atoms with Crippen LogP contribution >= 0.6 is 0 Å². The van der Waals surface area contributed by atoms with Crippen LogP contribution in [0.4, 0.5) is 0 Å². The maximum absolute atomic E-state index is 12.5. The highest BCUT2D eigenvalue weighted by Crippen LogP contribution is 2.17. The van der Waals surface area contributed by atoms with Gasteiger partial charge in [-0.25, -0.2) is 0 Å². The van der Waals surface area contributed by atoms with Gasteiger partial charge in [0.05, 0.1) is 25.4 Å². The first-order valence-electron chi connectivity index (χ1n) is 27.1. The fourth-order valence-corrected chi connectivity index (χ4v) is 8.28. The summed E-state index contributed by atoms with van der Waals surface area (Å²) in [6.45, 7) is 4.86. The van der Waals surface area contributed by atoms with Gasteiger partial charge in [0.15, 0.2) is 0 Å². The first kappa shape index (κ1) is 59.3. The van der Waals surface area contributed by atoms with Crippen molar-refractivity contribution in [2.45, 2.75) is 302 Å². The number of amides is 1. The zero-order chi connectivity index (χ0) is 44.4. The highest BCUT2D eigenvalue weighted by Gasteiger charge is 2.20. The van der Waals surface area contributed by atoms with Gasteiger partial charge in [0, 0.05) is 12.8 Å². The molecule has 0 fully saturated rings. The van der Waals surface area contributed by atoms with Crippen LogP contribution in [0.5, 0.6) is 0 Å². The number of aliphatic hydroxyl groups excluding tert-OH is 2. The number of ether oxygens (including phenoxy) is 1. The quantitative estimate of drug-likeness (QED) is 0.0322. The van der Waals surface area contributed by atoms with E-state index in [0.29, 0.717) is 25.9 Å². The van der Waals surface area contributed by atoms with Crippen molar-refractivity contribution >= 4 is 11.9 Å². The summed E-state index contributed by atoms with van der Waals surface area (Å²) in [4.78, 5) is 24.5. The SMILES string of the molecule is CCCCCC/C=C\CCCCCCCC(=O)OCCCC/C=C\CCCCCCC(=O)NC(CO)C(O)CCCCCCCCCCCCCCCCCCCCCCC. The topological polar surface area (TPSA) is 95.9 Å². The van der Waals surface area contributed by atoms with E-state index >= 15 is 0 Å². The minimum absolute atomic E-state index is 0.0451. The molecule has 0 aliphatic heterocycles. The number of allylic oxidation sites excluding steroid dienone is 4. The number of carbonyl (C=O) groups is 2. The van der Waals surface area contributed by atoms with E-state index in [4.69, 9.17) is 4.74 Å². The van der Waals surface area contributed by atoms with Crippen LogP contribution in [-0.4, -0.2) is 47.4 Å². The molecule has 61 heavy (non-hydrogen) atoms. The second-order valence-electron chi connectivity index (χ2n) is 18.6. The third-order valence-corrected chi connectivity index (χ3v) is 12.5. The second-order valence-corrected chi connectivity index (χ2v) is 18.6. The minimum Gasteiger partial charge on any atom is -0.466 e. The molecule has 0 aromatic rings. The van der Waals surface area contributed by atoms with Gasteiger partial charge >= 0.3 is 5.97 Å². The summed E-state index contributed by atoms with van der Waals surface area (Å²) < 4.78 is 5.42. The standard InChI is InChI=1S/C55H105NO5/c1-3-5-7-9-11-13-15-17-18-19-20-21-22-23-24-26-27-31-35-39-43-47-53(58)52(51-57)56-54(59)48-44-40-36-32-29-30-34-38-42-46-50-61-55(60)49-45-41-37-33-28-25-16-14-12-10-8-6-4-2/h14,16,30,34,52-53,57-58H,3-13,15,17-29,31-33,35-51H2,1-2H3,(H,56,59)/b16-14-,34-30-. The molecule has 6 nitrogen and oxygen atoms in total. The third kappa shape index (κ3) is 47.7. The van der Waals surface area contributed by atoms with Gasteiger partial charge in [-0.2, -0.15) is 0 Å². The molecular weight excluding hydrogens is 755 g/mol. The molecule has 0 radical (unpaired) electrons. The highest BCUT2D eigenvalue weighted by atomic mass is 16.5. The molecule has 6 heteroatoms. The average Bonchev–Trinajstić information content (AvgIpc) is 3.26. The lowest BCUT2D eigenvalue weighted by Crippen LogP contribution is -2.45. The predicted molar refractivity (Wildman–Crippen MR) is 264 cm³/mol. The van der Waals surface area contributed by atoms with E-state index < -0.39 is 12.1 Å². The van der Waals surface area contributed by atoms with Gasteiger partial charge in [-0.3, -0.25) is 9.59 Å². The number of hydrogen-bond donors (Lipinski definition) is 3. The summed E-state index contributed by atoms with van der Waals surface area (Å²) in [5.74, 6) is -0.114. The molecule has 0 rings (SSSR count). The lowest BCUT2D eigenvalue weighted by Gasteiger charge is -2.22. The molecular formula is C55H105NO5. The number of rotatable bonds is 50. The number of aliphatic hydroxyl groups is 2. The van der Waals surface area contributed by atoms with Crippen LogP contribution in [0.15, 0.2) is 24.3 Å². The maximum Gasteiger partial charge on any atom is 0.305 e. The van der Waals surface area contributed by atoms with Crippen LogP contribution in [0, 0.1) is 0 Å². The van der Waals surface area contributed by atoms with E-state index in [1.807, 2.05) is 0 Å². The van der Waals surface area contributed by atoms with Crippen molar-refractivity contribution in [3.05, 3.63) is 24.3 Å². The lowest BCUT2D eigenvalue weighted by molar-refractivity contribution is -0.143. The summed E-state index contributed by atoms with van der Waals surface area (Å²) >= 11 is 0. The maximum atomic E-state index is 12.5. The number of nitrogens with one attached hydrogen (secondary N) is 1. The predicted octanol–water partition coefficient (Wildman–Crippen LogP) is 16.3. The molecule has 0 saturated heterocycles. The zero-order valence-corrected chi connectivity index (χ0v) is 40.9. The first-order valence-corrected chi connectivity index (χ1v) is 27.1. The normalized spacial score (nSPS) is 12.8. The molecule has 0 aromatic carbocycles. The smallest absolute Gasteiger partial charge is 0.305 e. The van der Waals surface area contributed by atoms with Crippen molar-refractivity contribution in [2.24, 2.45) is 0 Å². The van der Waals surface area contributed by atoms with Crippen molar-refractivity contribution in [3.63, 3.8) is 0 Å². The summed E-state index contributed by atoms with van der Waals surface area (Å²) in [6.07, 6.45) is 60.2. The average molecular weight is 860 g/mol. The molecule has 0 saturated carbocycles. The van der Waals surface area contributed by atoms with Gasteiger partial charge in [0.25, 0.3) is 0 Å². The second kappa shape index (κ2) is 51.0. The molecule has 0 aliphatic rings. The number of carbonyl (C=O) groups excluding carboxylic acids is 2. The summed E-state index contributed by atoms with van der Waals surface area (Å²) in [5.41, 5.74) is 0. The zero-order valence-electron chi connectivity index (χ0n) is 40.9. The Morgan fingerprint density at radius 2 is 0.770 bits per heavy atom. The van der Waals surface area contributed by atoms with Crippen molar-refractivity contribution in [1.29, 1.82) is 0 Å². The van der Waals surface area contributed by atoms with Crippen LogP contribution in [0.25, 0.3) is 0 Å². The Bertz CT molecular complexity index is 951. The third-order valence-electron chi connectivity index (χ3n) is 12.5. The van der Waals surface area contributed by atoms with Gasteiger partial charge < -0.3 is 20.3 Å². The Balaban J connectivity index is 3.52. The Kier molecular flexibility index (Phi) is 49.6. The van der Waals surface area contributed by atoms with E-state index in [1.54, 1.807) is 0 Å². The Morgan fingerprint density at radius 1 is 0.443 bits per heavy atom. The van der Waals surface area contributed by atoms with Crippen LogP contribution in [0.2, 0.25) is 0 Å². The van der Waals surface area contributed by atoms with E-state index in [9.17, 15) is 19.8 Å². The summed E-state index contributed by atoms with van der Waals surface area (Å²) in [5, 5.41) is 23.3. The van der Waals surface area contributed by atoms with E-state index in [1.165, 1.54) is 180 Å². The van der Waals surface area contributed by atoms with Gasteiger partial charge in [-0.1, -0.05) is 224 Å². The summed E-state index contributed by atoms with van der Waals surface area (Å²) in [7, 11) is 0. The Morgan fingerprint density at radius 3 is 1.18 bits per heavy atom. The first-order chi connectivity index (χ1) is 30.0. The minimum atomic E-state index is -0.687. The molecule has 0 spiro atoms. The fraction of sp³-hybridized carbons (Fsp3) is 0.891. The number of esters is 1. The molecule has 2 unspecified atom stereocenters. The van der Waals surface area contributed by atoms with Crippen LogP contribution in [-0.2, 0) is 14.3 Å². The Hall–Kier alpha value is -1.66. The Labute approximate surface area is 380 Å². The highest BCUT2D eigenvalue weighted by molar-refractivity contribution is 5.76. The number of hydrogen-bond acceptors (Lipinski definition) is 5. The van der Waals surface area contributed by atoms with Gasteiger partial charge in [0.2, 0.25) is 5.91 Å². The number of unbranched alkanes of at least 4 members (excludes halogenated alkanes) is 35. The molecule has 0 aromatic heterocycles. The van der Waals surface area contributed by atoms with Gasteiger partial charge in [0.1, 0.15) is 0 Å². The summed E-state index contributed by atoms with van der Waals surface area (Å²) in [6, 6.07) is -0.568. The molecule has 0 aliphatic carbocycles. The molecule has 0 heterocycles. The molecule has 0 bridgehead atoms. The molecule has 1 amide bonds. The van der Waals surface area contributed by atoms with Crippen LogP contribution in [0.3, 0.4) is 0 Å². The fourth-order valence-electron chi connectivity index (χ4n) is 8.28.